The molecule has 142 valence electrons. The molecule has 1 nitrogen and oxygen atoms in total. The molecule has 0 aromatic heterocycles. The van der Waals surface area contributed by atoms with Crippen LogP contribution in [0.2, 0.25) is 0 Å². The lowest BCUT2D eigenvalue weighted by Gasteiger charge is -2.42. The number of unbranched alkanes of at least 4 members (excludes halogenated alkanes) is 2. The van der Waals surface area contributed by atoms with Crippen LogP contribution in [0.1, 0.15) is 78.1 Å². The molecule has 2 rings (SSSR count). The minimum Gasteiger partial charge on any atom is -0.375 e. The number of hydrogen-bond acceptors (Lipinski definition) is 1. The average molecular weight is 348 g/mol. The molecule has 0 aromatic rings. The molecule has 7 atom stereocenters. The van der Waals surface area contributed by atoms with Gasteiger partial charge in [0.25, 0.3) is 0 Å². The highest BCUT2D eigenvalue weighted by atomic mass is 19.2. The SMILES string of the molecule is CCCCCOC1CCC(C2CCC(CCC)C(F)C2F)CC1F. The zero-order valence-corrected chi connectivity index (χ0v) is 15.4. The van der Waals surface area contributed by atoms with Gasteiger partial charge in [0.2, 0.25) is 0 Å². The van der Waals surface area contributed by atoms with Gasteiger partial charge in [-0.25, -0.2) is 13.2 Å². The Labute approximate surface area is 145 Å². The second-order valence-electron chi connectivity index (χ2n) is 7.88. The Bertz CT molecular complexity index is 352. The van der Waals surface area contributed by atoms with Crippen molar-refractivity contribution in [3.05, 3.63) is 0 Å². The molecule has 24 heavy (non-hydrogen) atoms. The molecular formula is C20H35F3O. The molecule has 2 fully saturated rings. The molecule has 2 saturated carbocycles. The third-order valence-corrected chi connectivity index (χ3v) is 6.13. The number of halogens is 3. The lowest BCUT2D eigenvalue weighted by molar-refractivity contribution is -0.0664. The van der Waals surface area contributed by atoms with E-state index in [1.165, 1.54) is 0 Å². The first-order valence-corrected chi connectivity index (χ1v) is 10.1. The van der Waals surface area contributed by atoms with Gasteiger partial charge in [-0.15, -0.1) is 0 Å². The molecular weight excluding hydrogens is 313 g/mol. The molecule has 0 saturated heterocycles. The van der Waals surface area contributed by atoms with Gasteiger partial charge in [-0.05, 0) is 62.7 Å². The molecule has 0 heterocycles. The third-order valence-electron chi connectivity index (χ3n) is 6.13. The monoisotopic (exact) mass is 348 g/mol. The fraction of sp³-hybridized carbons (Fsp3) is 1.00. The van der Waals surface area contributed by atoms with Crippen LogP contribution < -0.4 is 0 Å². The topological polar surface area (TPSA) is 9.23 Å². The highest BCUT2D eigenvalue weighted by Gasteiger charge is 2.45. The maximum absolute atomic E-state index is 14.6. The highest BCUT2D eigenvalue weighted by Crippen LogP contribution is 2.44. The summed E-state index contributed by atoms with van der Waals surface area (Å²) in [5.74, 6) is -0.459. The Hall–Kier alpha value is -0.250. The van der Waals surface area contributed by atoms with E-state index < -0.39 is 18.5 Å². The standard InChI is InChI=1S/C20H35F3O/c1-3-5-6-12-24-18-11-9-15(13-17(18)21)16-10-8-14(7-4-2)19(22)20(16)23/h14-20H,3-13H2,1-2H3. The molecule has 0 bridgehead atoms. The van der Waals surface area contributed by atoms with Crippen molar-refractivity contribution in [2.75, 3.05) is 6.61 Å². The summed E-state index contributed by atoms with van der Waals surface area (Å²) >= 11 is 0. The van der Waals surface area contributed by atoms with Gasteiger partial charge in [-0.2, -0.15) is 0 Å². The second kappa shape index (κ2) is 10.0. The molecule has 2 aliphatic carbocycles. The van der Waals surface area contributed by atoms with Gasteiger partial charge < -0.3 is 4.74 Å². The van der Waals surface area contributed by atoms with Crippen molar-refractivity contribution in [1.29, 1.82) is 0 Å². The Kier molecular flexibility index (Phi) is 8.39. The van der Waals surface area contributed by atoms with Crippen LogP contribution in [0.4, 0.5) is 13.2 Å². The number of ether oxygens (including phenoxy) is 1. The fourth-order valence-electron chi connectivity index (χ4n) is 4.67. The summed E-state index contributed by atoms with van der Waals surface area (Å²) in [5, 5.41) is 0. The second-order valence-corrected chi connectivity index (χ2v) is 7.88. The van der Waals surface area contributed by atoms with Crippen molar-refractivity contribution in [2.45, 2.75) is 103 Å². The highest BCUT2D eigenvalue weighted by molar-refractivity contribution is 4.94. The summed E-state index contributed by atoms with van der Waals surface area (Å²) in [6.07, 6.45) is 3.97. The Morgan fingerprint density at radius 2 is 1.67 bits per heavy atom. The van der Waals surface area contributed by atoms with E-state index in [1.807, 2.05) is 6.92 Å². The van der Waals surface area contributed by atoms with E-state index >= 15 is 0 Å². The fourth-order valence-corrected chi connectivity index (χ4v) is 4.67. The van der Waals surface area contributed by atoms with Crippen molar-refractivity contribution in [1.82, 2.24) is 0 Å². The Morgan fingerprint density at radius 1 is 0.875 bits per heavy atom. The summed E-state index contributed by atoms with van der Waals surface area (Å²) in [6, 6.07) is 0. The van der Waals surface area contributed by atoms with Crippen molar-refractivity contribution >= 4 is 0 Å². The normalized spacial score (nSPS) is 40.6. The quantitative estimate of drug-likeness (QED) is 0.474. The van der Waals surface area contributed by atoms with Crippen LogP contribution in [0.15, 0.2) is 0 Å². The lowest BCUT2D eigenvalue weighted by Crippen LogP contribution is -2.44. The first-order valence-electron chi connectivity index (χ1n) is 10.1. The van der Waals surface area contributed by atoms with Crippen molar-refractivity contribution < 1.29 is 17.9 Å². The van der Waals surface area contributed by atoms with Crippen LogP contribution in [0.3, 0.4) is 0 Å². The summed E-state index contributed by atoms with van der Waals surface area (Å²) in [7, 11) is 0. The predicted molar refractivity (Wildman–Crippen MR) is 92.4 cm³/mol. The van der Waals surface area contributed by atoms with Crippen molar-refractivity contribution in [3.63, 3.8) is 0 Å². The summed E-state index contributed by atoms with van der Waals surface area (Å²) in [6.45, 7) is 4.76. The van der Waals surface area contributed by atoms with Gasteiger partial charge in [-0.1, -0.05) is 33.1 Å². The molecule has 0 spiro atoms. The first-order chi connectivity index (χ1) is 11.6. The van der Waals surface area contributed by atoms with E-state index in [0.717, 1.165) is 44.9 Å². The van der Waals surface area contributed by atoms with E-state index in [9.17, 15) is 13.2 Å². The lowest BCUT2D eigenvalue weighted by atomic mass is 9.68. The van der Waals surface area contributed by atoms with Gasteiger partial charge in [0, 0.05) is 6.61 Å². The van der Waals surface area contributed by atoms with Crippen LogP contribution in [-0.2, 0) is 4.74 Å². The van der Waals surface area contributed by atoms with Crippen LogP contribution in [0, 0.1) is 17.8 Å². The smallest absolute Gasteiger partial charge is 0.134 e. The van der Waals surface area contributed by atoms with Crippen LogP contribution >= 0.6 is 0 Å². The van der Waals surface area contributed by atoms with Crippen molar-refractivity contribution in [3.8, 4) is 0 Å². The predicted octanol–water partition coefficient (Wildman–Crippen LogP) is 6.20. The van der Waals surface area contributed by atoms with E-state index in [1.54, 1.807) is 0 Å². The van der Waals surface area contributed by atoms with Gasteiger partial charge in [0.1, 0.15) is 18.5 Å². The summed E-state index contributed by atoms with van der Waals surface area (Å²) < 4.78 is 49.1. The zero-order valence-electron chi connectivity index (χ0n) is 15.4. The van der Waals surface area contributed by atoms with Gasteiger partial charge >= 0.3 is 0 Å². The first kappa shape index (κ1) is 20.1. The Morgan fingerprint density at radius 3 is 2.33 bits per heavy atom. The van der Waals surface area contributed by atoms with Crippen LogP contribution in [0.5, 0.6) is 0 Å². The molecule has 7 unspecified atom stereocenters. The molecule has 2 aliphatic rings. The third kappa shape index (κ3) is 5.12. The molecule has 4 heteroatoms. The van der Waals surface area contributed by atoms with E-state index in [-0.39, 0.29) is 23.9 Å². The molecule has 0 amide bonds. The average Bonchev–Trinajstić information content (AvgIpc) is 2.57. The number of rotatable bonds is 8. The minimum atomic E-state index is -1.41. The number of alkyl halides is 3. The maximum atomic E-state index is 14.6. The van der Waals surface area contributed by atoms with E-state index in [2.05, 4.69) is 6.92 Å². The summed E-state index contributed by atoms with van der Waals surface area (Å²) in [5.41, 5.74) is 0. The molecule has 0 radical (unpaired) electrons. The van der Waals surface area contributed by atoms with Crippen LogP contribution in [0.25, 0.3) is 0 Å². The maximum Gasteiger partial charge on any atom is 0.134 e. The van der Waals surface area contributed by atoms with Crippen LogP contribution in [-0.4, -0.2) is 31.2 Å². The summed E-state index contributed by atoms with van der Waals surface area (Å²) in [4.78, 5) is 0. The zero-order chi connectivity index (χ0) is 17.5. The van der Waals surface area contributed by atoms with E-state index in [0.29, 0.717) is 25.9 Å². The minimum absolute atomic E-state index is 0.0219. The van der Waals surface area contributed by atoms with E-state index in [4.69, 9.17) is 4.74 Å². The number of hydrogen-bond donors (Lipinski definition) is 0. The molecule has 0 N–H and O–H groups in total. The van der Waals surface area contributed by atoms with Gasteiger partial charge in [0.15, 0.2) is 0 Å². The Balaban J connectivity index is 1.80. The van der Waals surface area contributed by atoms with Gasteiger partial charge in [-0.3, -0.25) is 0 Å². The molecule has 0 aromatic carbocycles. The largest absolute Gasteiger partial charge is 0.375 e. The molecule has 0 aliphatic heterocycles. The van der Waals surface area contributed by atoms with Crippen molar-refractivity contribution in [2.24, 2.45) is 17.8 Å². The van der Waals surface area contributed by atoms with Gasteiger partial charge in [0.05, 0.1) is 6.10 Å².